The lowest BCUT2D eigenvalue weighted by molar-refractivity contribution is -0.384. The van der Waals surface area contributed by atoms with Gasteiger partial charge in [-0.1, -0.05) is 15.9 Å². The van der Waals surface area contributed by atoms with Gasteiger partial charge in [0.05, 0.1) is 18.1 Å². The minimum atomic E-state index is -0.367. The number of morpholine rings is 1. The van der Waals surface area contributed by atoms with Gasteiger partial charge in [0.1, 0.15) is 5.69 Å². The molecule has 1 aliphatic rings. The number of hydrogen-bond acceptors (Lipinski definition) is 5. The number of ether oxygens (including phenoxy) is 1. The highest BCUT2D eigenvalue weighted by molar-refractivity contribution is 9.10. The summed E-state index contributed by atoms with van der Waals surface area (Å²) in [7, 11) is 0. The van der Waals surface area contributed by atoms with Crippen molar-refractivity contribution in [3.05, 3.63) is 32.8 Å². The first kappa shape index (κ1) is 15.2. The van der Waals surface area contributed by atoms with E-state index in [1.54, 1.807) is 12.1 Å². The molecule has 0 amide bonds. The number of hydrogen-bond donors (Lipinski definition) is 1. The van der Waals surface area contributed by atoms with Crippen LogP contribution in [-0.2, 0) is 4.74 Å². The third-order valence-corrected chi connectivity index (χ3v) is 3.69. The van der Waals surface area contributed by atoms with Crippen molar-refractivity contribution in [3.63, 3.8) is 0 Å². The molecule has 2 rings (SSSR count). The van der Waals surface area contributed by atoms with E-state index in [1.165, 1.54) is 6.07 Å². The van der Waals surface area contributed by atoms with Gasteiger partial charge in [-0.05, 0) is 19.1 Å². The van der Waals surface area contributed by atoms with Gasteiger partial charge in [-0.15, -0.1) is 0 Å². The summed E-state index contributed by atoms with van der Waals surface area (Å²) in [6.45, 7) is 6.21. The lowest BCUT2D eigenvalue weighted by Gasteiger charge is -2.29. The number of nitro groups is 1. The first-order valence-corrected chi connectivity index (χ1v) is 7.36. The third kappa shape index (κ3) is 4.16. The molecule has 1 atom stereocenters. The van der Waals surface area contributed by atoms with E-state index in [0.29, 0.717) is 10.2 Å². The Hall–Kier alpha value is -1.18. The van der Waals surface area contributed by atoms with Crippen LogP contribution in [0, 0.1) is 10.1 Å². The molecule has 1 saturated heterocycles. The first-order valence-electron chi connectivity index (χ1n) is 6.57. The molecule has 0 saturated carbocycles. The van der Waals surface area contributed by atoms with Crippen LogP contribution < -0.4 is 5.32 Å². The summed E-state index contributed by atoms with van der Waals surface area (Å²) in [4.78, 5) is 13.0. The van der Waals surface area contributed by atoms with Gasteiger partial charge in [-0.2, -0.15) is 0 Å². The highest BCUT2D eigenvalue weighted by Gasteiger charge is 2.18. The summed E-state index contributed by atoms with van der Waals surface area (Å²) in [5, 5.41) is 14.3. The predicted octanol–water partition coefficient (Wildman–Crippen LogP) is 2.49. The average molecular weight is 344 g/mol. The lowest BCUT2D eigenvalue weighted by atomic mass is 10.2. The Morgan fingerprint density at radius 1 is 1.50 bits per heavy atom. The van der Waals surface area contributed by atoms with E-state index < -0.39 is 0 Å². The molecular weight excluding hydrogens is 326 g/mol. The van der Waals surface area contributed by atoms with Crippen molar-refractivity contribution in [2.24, 2.45) is 0 Å². The normalized spacial score (nSPS) is 17.7. The highest BCUT2D eigenvalue weighted by atomic mass is 79.9. The maximum absolute atomic E-state index is 11.1. The number of benzene rings is 1. The lowest BCUT2D eigenvalue weighted by Crippen LogP contribution is -2.42. The number of halogens is 1. The second-order valence-corrected chi connectivity index (χ2v) is 5.79. The van der Waals surface area contributed by atoms with Gasteiger partial charge in [-0.3, -0.25) is 15.0 Å². The topological polar surface area (TPSA) is 67.6 Å². The molecule has 1 aliphatic heterocycles. The van der Waals surface area contributed by atoms with E-state index in [9.17, 15) is 10.1 Å². The quantitative estimate of drug-likeness (QED) is 0.657. The molecule has 0 radical (unpaired) electrons. The second kappa shape index (κ2) is 7.01. The fourth-order valence-corrected chi connectivity index (χ4v) is 2.61. The molecule has 0 aliphatic carbocycles. The van der Waals surface area contributed by atoms with Gasteiger partial charge in [-0.25, -0.2) is 0 Å². The fourth-order valence-electron chi connectivity index (χ4n) is 2.26. The Morgan fingerprint density at radius 3 is 2.85 bits per heavy atom. The maximum atomic E-state index is 11.1. The van der Waals surface area contributed by atoms with Crippen LogP contribution in [0.3, 0.4) is 0 Å². The van der Waals surface area contributed by atoms with Crippen LogP contribution >= 0.6 is 15.9 Å². The number of nitrogens with zero attached hydrogens (tertiary/aromatic N) is 2. The van der Waals surface area contributed by atoms with Gasteiger partial charge in [0.25, 0.3) is 5.69 Å². The molecule has 0 bridgehead atoms. The Balaban J connectivity index is 1.99. The summed E-state index contributed by atoms with van der Waals surface area (Å²) in [6, 6.07) is 5.19. The van der Waals surface area contributed by atoms with E-state index in [1.807, 2.05) is 6.92 Å². The van der Waals surface area contributed by atoms with Crippen LogP contribution in [0.1, 0.15) is 6.92 Å². The number of nitro benzene ring substituents is 1. The molecule has 0 unspecified atom stereocenters. The highest BCUT2D eigenvalue weighted by Crippen LogP contribution is 2.28. The molecule has 1 fully saturated rings. The SMILES string of the molecule is C[C@@H](CN1CCOCC1)Nc1ccc(Br)cc1[N+](=O)[O-]. The van der Waals surface area contributed by atoms with Crippen LogP contribution in [0.4, 0.5) is 11.4 Å². The monoisotopic (exact) mass is 343 g/mol. The molecule has 1 aromatic rings. The molecule has 6 nitrogen and oxygen atoms in total. The minimum Gasteiger partial charge on any atom is -0.379 e. The van der Waals surface area contributed by atoms with Crippen molar-refractivity contribution < 1.29 is 9.66 Å². The van der Waals surface area contributed by atoms with Crippen LogP contribution in [0.5, 0.6) is 0 Å². The van der Waals surface area contributed by atoms with Crippen LogP contribution in [-0.4, -0.2) is 48.7 Å². The van der Waals surface area contributed by atoms with Crippen molar-refractivity contribution in [1.82, 2.24) is 4.90 Å². The van der Waals surface area contributed by atoms with E-state index in [0.717, 1.165) is 32.8 Å². The smallest absolute Gasteiger partial charge is 0.293 e. The third-order valence-electron chi connectivity index (χ3n) is 3.19. The molecule has 110 valence electrons. The molecule has 0 aromatic heterocycles. The second-order valence-electron chi connectivity index (χ2n) is 4.88. The van der Waals surface area contributed by atoms with Crippen molar-refractivity contribution in [2.75, 3.05) is 38.2 Å². The van der Waals surface area contributed by atoms with Gasteiger partial charge >= 0.3 is 0 Å². The Labute approximate surface area is 126 Å². The zero-order valence-electron chi connectivity index (χ0n) is 11.3. The Bertz CT molecular complexity index is 478. The first-order chi connectivity index (χ1) is 9.56. The summed E-state index contributed by atoms with van der Waals surface area (Å²) >= 11 is 3.26. The van der Waals surface area contributed by atoms with Crippen molar-refractivity contribution >= 4 is 27.3 Å². The van der Waals surface area contributed by atoms with E-state index in [4.69, 9.17) is 4.74 Å². The zero-order valence-corrected chi connectivity index (χ0v) is 12.9. The minimum absolute atomic E-state index is 0.0909. The van der Waals surface area contributed by atoms with Crippen molar-refractivity contribution in [3.8, 4) is 0 Å². The van der Waals surface area contributed by atoms with Crippen molar-refractivity contribution in [2.45, 2.75) is 13.0 Å². The van der Waals surface area contributed by atoms with E-state index in [2.05, 4.69) is 26.1 Å². The van der Waals surface area contributed by atoms with Gasteiger partial charge < -0.3 is 10.1 Å². The Kier molecular flexibility index (Phi) is 5.33. The largest absolute Gasteiger partial charge is 0.379 e. The fraction of sp³-hybridized carbons (Fsp3) is 0.538. The molecule has 20 heavy (non-hydrogen) atoms. The molecular formula is C13H18BrN3O3. The van der Waals surface area contributed by atoms with Gasteiger partial charge in [0, 0.05) is 36.2 Å². The van der Waals surface area contributed by atoms with Crippen LogP contribution in [0.15, 0.2) is 22.7 Å². The zero-order chi connectivity index (χ0) is 14.5. The summed E-state index contributed by atoms with van der Waals surface area (Å²) < 4.78 is 6.01. The molecule has 1 heterocycles. The maximum Gasteiger partial charge on any atom is 0.293 e. The molecule has 1 aromatic carbocycles. The van der Waals surface area contributed by atoms with Gasteiger partial charge in [0.15, 0.2) is 0 Å². The van der Waals surface area contributed by atoms with E-state index in [-0.39, 0.29) is 16.7 Å². The predicted molar refractivity (Wildman–Crippen MR) is 81.1 cm³/mol. The standard InChI is InChI=1S/C13H18BrN3O3/c1-10(9-16-4-6-20-7-5-16)15-12-3-2-11(14)8-13(12)17(18)19/h2-3,8,10,15H,4-7,9H2,1H3/t10-/m0/s1. The van der Waals surface area contributed by atoms with Crippen LogP contribution in [0.2, 0.25) is 0 Å². The molecule has 7 heteroatoms. The van der Waals surface area contributed by atoms with E-state index >= 15 is 0 Å². The summed E-state index contributed by atoms with van der Waals surface area (Å²) in [5.41, 5.74) is 0.646. The Morgan fingerprint density at radius 2 is 2.20 bits per heavy atom. The number of nitrogens with one attached hydrogen (secondary N) is 1. The van der Waals surface area contributed by atoms with Gasteiger partial charge in [0.2, 0.25) is 0 Å². The van der Waals surface area contributed by atoms with Crippen molar-refractivity contribution in [1.29, 1.82) is 0 Å². The molecule has 1 N–H and O–H groups in total. The average Bonchev–Trinajstić information content (AvgIpc) is 2.41. The summed E-state index contributed by atoms with van der Waals surface area (Å²) in [6.07, 6.45) is 0. The number of anilines is 1. The molecule has 0 spiro atoms. The summed E-state index contributed by atoms with van der Waals surface area (Å²) in [5.74, 6) is 0. The van der Waals surface area contributed by atoms with Crippen LogP contribution in [0.25, 0.3) is 0 Å². The number of rotatable bonds is 5.